The van der Waals surface area contributed by atoms with Gasteiger partial charge in [-0.2, -0.15) is 0 Å². The van der Waals surface area contributed by atoms with Crippen LogP contribution in [-0.4, -0.2) is 69.3 Å². The van der Waals surface area contributed by atoms with Crippen LogP contribution < -0.4 is 0 Å². The molecule has 0 saturated heterocycles. The molecule has 0 bridgehead atoms. The molecule has 0 heterocycles. The Kier molecular flexibility index (Phi) is 24.4. The van der Waals surface area contributed by atoms with Crippen LogP contribution in [0.1, 0.15) is 129 Å². The van der Waals surface area contributed by atoms with Gasteiger partial charge in [0.25, 0.3) is 0 Å². The number of hydrogen-bond acceptors (Lipinski definition) is 4. The van der Waals surface area contributed by atoms with Crippen molar-refractivity contribution in [2.45, 2.75) is 141 Å². The molecule has 0 aliphatic heterocycles. The smallest absolute Gasteiger partial charge is 0.379 e. The Labute approximate surface area is 237 Å². The van der Waals surface area contributed by atoms with Gasteiger partial charge in [0, 0.05) is 20.1 Å². The molecular formula is C31H65NO5P+. The summed E-state index contributed by atoms with van der Waals surface area (Å²) < 4.78 is 29.7. The summed E-state index contributed by atoms with van der Waals surface area (Å²) in [7, 11) is 3.58. The van der Waals surface area contributed by atoms with E-state index in [0.717, 1.165) is 6.42 Å². The Bertz CT molecular complexity index is 593. The highest BCUT2D eigenvalue weighted by atomic mass is 31.2. The van der Waals surface area contributed by atoms with E-state index in [-0.39, 0.29) is 12.7 Å². The summed E-state index contributed by atoms with van der Waals surface area (Å²) in [4.78, 5) is 10.4. The first kappa shape index (κ1) is 37.8. The molecule has 1 N–H and O–H groups in total. The van der Waals surface area contributed by atoms with Crippen molar-refractivity contribution < 1.29 is 27.9 Å². The summed E-state index contributed by atoms with van der Waals surface area (Å²) in [5.74, 6) is -0.456. The quantitative estimate of drug-likeness (QED) is 0.0446. The van der Waals surface area contributed by atoms with Gasteiger partial charge in [0.15, 0.2) is 5.78 Å². The van der Waals surface area contributed by atoms with Crippen LogP contribution in [0.3, 0.4) is 0 Å². The van der Waals surface area contributed by atoms with Crippen LogP contribution in [0, 0.1) is 0 Å². The molecule has 38 heavy (non-hydrogen) atoms. The van der Waals surface area contributed by atoms with Crippen molar-refractivity contribution in [2.24, 2.45) is 0 Å². The van der Waals surface area contributed by atoms with Crippen molar-refractivity contribution in [3.05, 3.63) is 12.2 Å². The third kappa shape index (κ3) is 21.6. The van der Waals surface area contributed by atoms with E-state index in [1.54, 1.807) is 7.11 Å². The zero-order chi connectivity index (χ0) is 28.5. The second kappa shape index (κ2) is 24.6. The summed E-state index contributed by atoms with van der Waals surface area (Å²) in [5.41, 5.74) is 0. The van der Waals surface area contributed by atoms with Crippen molar-refractivity contribution in [1.29, 1.82) is 0 Å². The highest BCUT2D eigenvalue weighted by molar-refractivity contribution is 7.53. The topological polar surface area (TPSA) is 65.0 Å². The van der Waals surface area contributed by atoms with E-state index in [1.807, 2.05) is 28.1 Å². The van der Waals surface area contributed by atoms with Gasteiger partial charge in [-0.3, -0.25) is 4.57 Å². The van der Waals surface area contributed by atoms with Crippen molar-refractivity contribution in [1.82, 2.24) is 0 Å². The average Bonchev–Trinajstić information content (AvgIpc) is 2.86. The molecule has 0 amide bonds. The first-order valence-electron chi connectivity index (χ1n) is 15.7. The van der Waals surface area contributed by atoms with Gasteiger partial charge >= 0.3 is 7.60 Å². The maximum atomic E-state index is 12.7. The predicted octanol–water partition coefficient (Wildman–Crippen LogP) is 8.87. The zero-order valence-corrected chi connectivity index (χ0v) is 27.0. The zero-order valence-electron chi connectivity index (χ0n) is 26.1. The standard InChI is InChI=1S/C31H64NO5P/c1-7-9-10-11-12-13-14-15-16-17-18-19-20-21-22-23-24-25-26-27-36-28-30(35-6)29-37-38(33,34)31(8-2)32(3,4)5/h15-16,30-31H,7-14,17-29H2,1-6H3/p+1/b16-15-/t30-,31?/m1/s1. The van der Waals surface area contributed by atoms with Gasteiger partial charge in [0.05, 0.1) is 34.4 Å². The van der Waals surface area contributed by atoms with Crippen LogP contribution in [0.2, 0.25) is 0 Å². The van der Waals surface area contributed by atoms with E-state index >= 15 is 0 Å². The molecule has 0 aliphatic rings. The van der Waals surface area contributed by atoms with Gasteiger partial charge in [-0.15, -0.1) is 0 Å². The molecule has 0 rings (SSSR count). The fourth-order valence-electron chi connectivity index (χ4n) is 4.87. The number of quaternary nitrogens is 1. The average molecular weight is 563 g/mol. The molecule has 3 atom stereocenters. The lowest BCUT2D eigenvalue weighted by Gasteiger charge is -2.35. The third-order valence-corrected chi connectivity index (χ3v) is 9.60. The molecular weight excluding hydrogens is 497 g/mol. The third-order valence-electron chi connectivity index (χ3n) is 7.27. The van der Waals surface area contributed by atoms with Crippen LogP contribution >= 0.6 is 7.60 Å². The van der Waals surface area contributed by atoms with Crippen molar-refractivity contribution >= 4 is 7.60 Å². The number of allylic oxidation sites excluding steroid dienone is 2. The van der Waals surface area contributed by atoms with Crippen LogP contribution in [-0.2, 0) is 18.6 Å². The minimum absolute atomic E-state index is 0.0657. The first-order valence-corrected chi connectivity index (χ1v) is 17.4. The van der Waals surface area contributed by atoms with Crippen molar-refractivity contribution in [2.75, 3.05) is 48.1 Å². The van der Waals surface area contributed by atoms with E-state index < -0.39 is 13.4 Å². The number of methoxy groups -OCH3 is 1. The summed E-state index contributed by atoms with van der Waals surface area (Å²) in [6.45, 7) is 5.33. The minimum Gasteiger partial charge on any atom is -0.379 e. The molecule has 6 nitrogen and oxygen atoms in total. The Hall–Kier alpha value is -0.230. The molecule has 7 heteroatoms. The lowest BCUT2D eigenvalue weighted by molar-refractivity contribution is -0.883. The Balaban J connectivity index is 3.59. The number of hydrogen-bond donors (Lipinski definition) is 1. The number of ether oxygens (including phenoxy) is 2. The van der Waals surface area contributed by atoms with E-state index in [1.165, 1.54) is 103 Å². The van der Waals surface area contributed by atoms with Gasteiger partial charge in [-0.25, -0.2) is 0 Å². The predicted molar refractivity (Wildman–Crippen MR) is 163 cm³/mol. The van der Waals surface area contributed by atoms with Crippen molar-refractivity contribution in [3.63, 3.8) is 0 Å². The SMILES string of the molecule is CCCCCCCC/C=C\CCCCCCCCCCCOC[C@H](COP(=O)(O)C(CC)[N+](C)(C)C)OC. The maximum Gasteiger partial charge on any atom is 0.385 e. The van der Waals surface area contributed by atoms with Gasteiger partial charge in [0.2, 0.25) is 0 Å². The van der Waals surface area contributed by atoms with Crippen LogP contribution in [0.25, 0.3) is 0 Å². The molecule has 0 aromatic heterocycles. The highest BCUT2D eigenvalue weighted by Crippen LogP contribution is 2.51. The van der Waals surface area contributed by atoms with Gasteiger partial charge < -0.3 is 23.4 Å². The molecule has 0 aromatic carbocycles. The molecule has 0 aromatic rings. The highest BCUT2D eigenvalue weighted by Gasteiger charge is 2.41. The molecule has 0 aliphatic carbocycles. The minimum atomic E-state index is -3.74. The Morgan fingerprint density at radius 1 is 0.737 bits per heavy atom. The summed E-state index contributed by atoms with van der Waals surface area (Å²) >= 11 is 0. The van der Waals surface area contributed by atoms with E-state index in [4.69, 9.17) is 14.0 Å². The molecule has 228 valence electrons. The van der Waals surface area contributed by atoms with E-state index in [9.17, 15) is 9.46 Å². The van der Waals surface area contributed by atoms with Crippen molar-refractivity contribution in [3.8, 4) is 0 Å². The lowest BCUT2D eigenvalue weighted by atomic mass is 10.1. The molecule has 0 saturated carbocycles. The summed E-state index contributed by atoms with van der Waals surface area (Å²) in [6.07, 6.45) is 27.4. The fourth-order valence-corrected chi connectivity index (χ4v) is 6.76. The molecule has 0 fully saturated rings. The number of unbranched alkanes of at least 4 members (excludes halogenated alkanes) is 15. The molecule has 0 spiro atoms. The maximum absolute atomic E-state index is 12.7. The second-order valence-electron chi connectivity index (χ2n) is 11.8. The summed E-state index contributed by atoms with van der Waals surface area (Å²) in [5, 5.41) is 0. The largest absolute Gasteiger partial charge is 0.385 e. The number of rotatable bonds is 28. The van der Waals surface area contributed by atoms with Gasteiger partial charge in [-0.05, 0) is 32.1 Å². The first-order chi connectivity index (χ1) is 18.2. The number of nitrogens with zero attached hydrogens (tertiary/aromatic N) is 1. The van der Waals surface area contributed by atoms with Crippen LogP contribution in [0.5, 0.6) is 0 Å². The Morgan fingerprint density at radius 3 is 1.66 bits per heavy atom. The van der Waals surface area contributed by atoms with Gasteiger partial charge in [0.1, 0.15) is 6.10 Å². The van der Waals surface area contributed by atoms with E-state index in [0.29, 0.717) is 24.1 Å². The molecule has 2 unspecified atom stereocenters. The second-order valence-corrected chi connectivity index (χ2v) is 13.8. The normalized spacial score (nSPS) is 15.7. The lowest BCUT2D eigenvalue weighted by Crippen LogP contribution is -2.45. The summed E-state index contributed by atoms with van der Waals surface area (Å²) in [6, 6.07) is 0. The monoisotopic (exact) mass is 562 g/mol. The van der Waals surface area contributed by atoms with Crippen LogP contribution in [0.15, 0.2) is 12.2 Å². The van der Waals surface area contributed by atoms with E-state index in [2.05, 4.69) is 19.1 Å². The Morgan fingerprint density at radius 2 is 1.21 bits per heavy atom. The molecule has 0 radical (unpaired) electrons. The van der Waals surface area contributed by atoms with Crippen LogP contribution in [0.4, 0.5) is 0 Å². The fraction of sp³-hybridized carbons (Fsp3) is 0.935. The van der Waals surface area contributed by atoms with Gasteiger partial charge in [-0.1, -0.05) is 103 Å².